The van der Waals surface area contributed by atoms with Gasteiger partial charge in [-0.1, -0.05) is 25.0 Å². The van der Waals surface area contributed by atoms with E-state index in [4.69, 9.17) is 9.47 Å². The second kappa shape index (κ2) is 10.1. The fraction of sp³-hybridized carbons (Fsp3) is 0.500. The van der Waals surface area contributed by atoms with Gasteiger partial charge in [-0.3, -0.25) is 4.79 Å². The van der Waals surface area contributed by atoms with Crippen molar-refractivity contribution in [3.8, 4) is 5.75 Å². The zero-order valence-corrected chi connectivity index (χ0v) is 17.5. The van der Waals surface area contributed by atoms with Gasteiger partial charge in [0, 0.05) is 18.8 Å². The zero-order valence-electron chi connectivity index (χ0n) is 17.5. The van der Waals surface area contributed by atoms with Gasteiger partial charge in [0.25, 0.3) is 5.91 Å². The average molecular weight is 415 g/mol. The molecular weight excluding hydrogens is 386 g/mol. The van der Waals surface area contributed by atoms with Crippen LogP contribution in [0.3, 0.4) is 0 Å². The topological polar surface area (TPSA) is 97.0 Å². The van der Waals surface area contributed by atoms with Crippen LogP contribution in [0.5, 0.6) is 5.75 Å². The number of nitrogens with zero attached hydrogens (tertiary/aromatic N) is 1. The van der Waals surface area contributed by atoms with Crippen molar-refractivity contribution in [2.24, 2.45) is 0 Å². The maximum Gasteiger partial charge on any atom is 0.338 e. The Labute approximate surface area is 176 Å². The van der Waals surface area contributed by atoms with E-state index in [-0.39, 0.29) is 25.2 Å². The van der Waals surface area contributed by atoms with Gasteiger partial charge in [0.2, 0.25) is 0 Å². The summed E-state index contributed by atoms with van der Waals surface area (Å²) in [5.41, 5.74) is 1.55. The van der Waals surface area contributed by atoms with E-state index in [9.17, 15) is 14.4 Å². The van der Waals surface area contributed by atoms with Gasteiger partial charge in [-0.05, 0) is 44.4 Å². The molecule has 3 amide bonds. The van der Waals surface area contributed by atoms with Crippen LogP contribution >= 0.6 is 0 Å². The van der Waals surface area contributed by atoms with Gasteiger partial charge in [-0.25, -0.2) is 9.59 Å². The third-order valence-corrected chi connectivity index (χ3v) is 5.30. The molecule has 2 aliphatic rings. The Hall–Kier alpha value is -3.03. The number of hydrogen-bond donors (Lipinski definition) is 2. The molecule has 2 N–H and O–H groups in total. The molecule has 0 aromatic heterocycles. The second-order valence-electron chi connectivity index (χ2n) is 7.44. The summed E-state index contributed by atoms with van der Waals surface area (Å²) in [4.78, 5) is 38.6. The third-order valence-electron chi connectivity index (χ3n) is 5.30. The molecule has 162 valence electrons. The van der Waals surface area contributed by atoms with Crippen LogP contribution < -0.4 is 15.4 Å². The molecule has 8 nitrogen and oxygen atoms in total. The lowest BCUT2D eigenvalue weighted by Gasteiger charge is -2.28. The summed E-state index contributed by atoms with van der Waals surface area (Å²) in [6, 6.07) is 6.01. The van der Waals surface area contributed by atoms with Crippen LogP contribution in [0.4, 0.5) is 4.79 Å². The molecular formula is C22H29N3O5. The van der Waals surface area contributed by atoms with Gasteiger partial charge in [0.05, 0.1) is 18.2 Å². The number of hydrogen-bond acceptors (Lipinski definition) is 5. The molecule has 1 aromatic rings. The van der Waals surface area contributed by atoms with Gasteiger partial charge >= 0.3 is 12.0 Å². The summed E-state index contributed by atoms with van der Waals surface area (Å²) in [5, 5.41) is 5.37. The Balaban J connectivity index is 1.66. The van der Waals surface area contributed by atoms with Crippen LogP contribution in [-0.2, 0) is 14.3 Å². The van der Waals surface area contributed by atoms with E-state index in [0.29, 0.717) is 17.0 Å². The molecule has 1 atom stereocenters. The first-order chi connectivity index (χ1) is 14.5. The van der Waals surface area contributed by atoms with Crippen molar-refractivity contribution in [3.05, 3.63) is 41.1 Å². The largest absolute Gasteiger partial charge is 0.484 e. The van der Waals surface area contributed by atoms with E-state index in [1.165, 1.54) is 12.8 Å². The van der Waals surface area contributed by atoms with Crippen molar-refractivity contribution in [1.29, 1.82) is 0 Å². The summed E-state index contributed by atoms with van der Waals surface area (Å²) >= 11 is 0. The lowest BCUT2D eigenvalue weighted by atomic mass is 9.95. The number of ether oxygens (including phenoxy) is 2. The number of urea groups is 1. The van der Waals surface area contributed by atoms with Gasteiger partial charge in [-0.15, -0.1) is 0 Å². The number of allylic oxidation sites excluding steroid dienone is 1. The number of benzene rings is 1. The summed E-state index contributed by atoms with van der Waals surface area (Å²) < 4.78 is 10.8. The maximum absolute atomic E-state index is 12.4. The standard InChI is InChI=1S/C22H29N3O5/c1-3-29-21(27)19-15(2)23-22(28)24-20(19)16-8-10-17(11-9-16)30-14-18(26)25-12-6-4-5-7-13-25/h8-11,20H,3-7,12-14H2,1-2H3,(H2,23,24,28)/t20-/m0/s1. The van der Waals surface area contributed by atoms with E-state index in [1.54, 1.807) is 38.1 Å². The number of carbonyl (C=O) groups is 3. The first-order valence-corrected chi connectivity index (χ1v) is 10.5. The Morgan fingerprint density at radius 1 is 1.10 bits per heavy atom. The van der Waals surface area contributed by atoms with E-state index in [2.05, 4.69) is 10.6 Å². The number of likely N-dealkylation sites (tertiary alicyclic amines) is 1. The molecule has 2 aliphatic heterocycles. The number of carbonyl (C=O) groups excluding carboxylic acids is 3. The zero-order chi connectivity index (χ0) is 21.5. The summed E-state index contributed by atoms with van der Waals surface area (Å²) in [7, 11) is 0. The van der Waals surface area contributed by atoms with Crippen molar-refractivity contribution < 1.29 is 23.9 Å². The van der Waals surface area contributed by atoms with Gasteiger partial charge < -0.3 is 25.0 Å². The summed E-state index contributed by atoms with van der Waals surface area (Å²) in [6.07, 6.45) is 4.42. The van der Waals surface area contributed by atoms with Crippen molar-refractivity contribution in [2.45, 2.75) is 45.6 Å². The number of amides is 3. The fourth-order valence-corrected chi connectivity index (χ4v) is 3.74. The van der Waals surface area contributed by atoms with Crippen LogP contribution in [0.2, 0.25) is 0 Å². The lowest BCUT2D eigenvalue weighted by Crippen LogP contribution is -2.45. The molecule has 1 saturated heterocycles. The summed E-state index contributed by atoms with van der Waals surface area (Å²) in [5.74, 6) is 0.0752. The molecule has 0 unspecified atom stereocenters. The fourth-order valence-electron chi connectivity index (χ4n) is 3.74. The first-order valence-electron chi connectivity index (χ1n) is 10.5. The number of rotatable bonds is 6. The van der Waals surface area contributed by atoms with Gasteiger partial charge in [0.1, 0.15) is 5.75 Å². The molecule has 3 rings (SSSR count). The van der Waals surface area contributed by atoms with Crippen LogP contribution in [0.25, 0.3) is 0 Å². The highest BCUT2D eigenvalue weighted by Gasteiger charge is 2.32. The van der Waals surface area contributed by atoms with E-state index in [0.717, 1.165) is 31.5 Å². The molecule has 0 aliphatic carbocycles. The van der Waals surface area contributed by atoms with E-state index >= 15 is 0 Å². The SMILES string of the molecule is CCOC(=O)C1=C(C)NC(=O)N[C@H]1c1ccc(OCC(=O)N2CCCCCC2)cc1. The molecule has 30 heavy (non-hydrogen) atoms. The van der Waals surface area contributed by atoms with Crippen molar-refractivity contribution in [2.75, 3.05) is 26.3 Å². The molecule has 0 bridgehead atoms. The maximum atomic E-state index is 12.4. The van der Waals surface area contributed by atoms with Crippen LogP contribution in [0.1, 0.15) is 51.1 Å². The predicted molar refractivity (Wildman–Crippen MR) is 111 cm³/mol. The minimum absolute atomic E-state index is 0.00345. The van der Waals surface area contributed by atoms with Crippen LogP contribution in [0.15, 0.2) is 35.5 Å². The molecule has 0 radical (unpaired) electrons. The van der Waals surface area contributed by atoms with Crippen LogP contribution in [0, 0.1) is 0 Å². The quantitative estimate of drug-likeness (QED) is 0.697. The average Bonchev–Trinajstić information content (AvgIpc) is 3.01. The number of nitrogens with one attached hydrogen (secondary N) is 2. The third kappa shape index (κ3) is 5.31. The lowest BCUT2D eigenvalue weighted by molar-refractivity contribution is -0.139. The van der Waals surface area contributed by atoms with Crippen molar-refractivity contribution >= 4 is 17.9 Å². The molecule has 2 heterocycles. The van der Waals surface area contributed by atoms with Crippen molar-refractivity contribution in [1.82, 2.24) is 15.5 Å². The Kier molecular flexibility index (Phi) is 7.32. The van der Waals surface area contributed by atoms with Crippen LogP contribution in [-0.4, -0.2) is 49.1 Å². The highest BCUT2D eigenvalue weighted by Crippen LogP contribution is 2.28. The van der Waals surface area contributed by atoms with Gasteiger partial charge in [0.15, 0.2) is 6.61 Å². The smallest absolute Gasteiger partial charge is 0.338 e. The molecule has 1 fully saturated rings. The highest BCUT2D eigenvalue weighted by atomic mass is 16.5. The Morgan fingerprint density at radius 2 is 1.77 bits per heavy atom. The van der Waals surface area contributed by atoms with E-state index < -0.39 is 12.0 Å². The first kappa shape index (κ1) is 21.7. The molecule has 0 saturated carbocycles. The Bertz CT molecular complexity index is 811. The van der Waals surface area contributed by atoms with Crippen molar-refractivity contribution in [3.63, 3.8) is 0 Å². The van der Waals surface area contributed by atoms with E-state index in [1.807, 2.05) is 4.90 Å². The molecule has 0 spiro atoms. The Morgan fingerprint density at radius 3 is 2.40 bits per heavy atom. The highest BCUT2D eigenvalue weighted by molar-refractivity contribution is 5.95. The second-order valence-corrected chi connectivity index (χ2v) is 7.44. The normalized spacial score (nSPS) is 19.5. The minimum atomic E-state index is -0.620. The van der Waals surface area contributed by atoms with Gasteiger partial charge in [-0.2, -0.15) is 0 Å². The molecule has 8 heteroatoms. The molecule has 1 aromatic carbocycles. The predicted octanol–water partition coefficient (Wildman–Crippen LogP) is 2.66. The summed E-state index contributed by atoms with van der Waals surface area (Å²) in [6.45, 7) is 5.23. The minimum Gasteiger partial charge on any atom is -0.484 e. The monoisotopic (exact) mass is 415 g/mol. The number of esters is 1.